The molecule has 23 heavy (non-hydrogen) atoms. The molecule has 124 valence electrons. The molecule has 2 aromatic heterocycles. The number of imidazole rings is 1. The third-order valence-corrected chi connectivity index (χ3v) is 4.89. The van der Waals surface area contributed by atoms with Crippen LogP contribution in [0, 0.1) is 0 Å². The van der Waals surface area contributed by atoms with E-state index in [2.05, 4.69) is 65.5 Å². The van der Waals surface area contributed by atoms with E-state index in [1.807, 2.05) is 12.3 Å². The van der Waals surface area contributed by atoms with E-state index in [1.54, 1.807) is 0 Å². The molecule has 0 saturated heterocycles. The van der Waals surface area contributed by atoms with Gasteiger partial charge in [0, 0.05) is 44.6 Å². The van der Waals surface area contributed by atoms with Gasteiger partial charge in [-0.2, -0.15) is 0 Å². The number of aromatic nitrogens is 3. The fraction of sp³-hybridized carbons (Fsp3) is 0.556. The van der Waals surface area contributed by atoms with Crippen LogP contribution < -0.4 is 0 Å². The summed E-state index contributed by atoms with van der Waals surface area (Å²) < 4.78 is 2.40. The van der Waals surface area contributed by atoms with Crippen LogP contribution in [0.5, 0.6) is 0 Å². The van der Waals surface area contributed by atoms with Crippen LogP contribution in [-0.4, -0.2) is 44.0 Å². The zero-order valence-corrected chi connectivity index (χ0v) is 14.6. The zero-order chi connectivity index (χ0) is 16.4. The van der Waals surface area contributed by atoms with Crippen molar-refractivity contribution in [1.82, 2.24) is 24.3 Å². The Bertz CT molecular complexity index is 634. The number of hydrogen-bond acceptors (Lipinski definition) is 4. The van der Waals surface area contributed by atoms with Gasteiger partial charge in [0.05, 0.1) is 17.4 Å². The predicted molar refractivity (Wildman–Crippen MR) is 91.9 cm³/mol. The van der Waals surface area contributed by atoms with E-state index in [4.69, 9.17) is 4.98 Å². The monoisotopic (exact) mass is 313 g/mol. The first-order chi connectivity index (χ1) is 11.1. The normalized spacial score (nSPS) is 18.6. The molecule has 0 saturated carbocycles. The van der Waals surface area contributed by atoms with Crippen LogP contribution in [-0.2, 0) is 19.6 Å². The van der Waals surface area contributed by atoms with Crippen molar-refractivity contribution >= 4 is 0 Å². The fourth-order valence-corrected chi connectivity index (χ4v) is 3.08. The van der Waals surface area contributed by atoms with Crippen LogP contribution in [0.4, 0.5) is 0 Å². The molecule has 1 aliphatic heterocycles. The number of fused-ring (bicyclic) bond motifs is 1. The molecule has 2 aromatic rings. The summed E-state index contributed by atoms with van der Waals surface area (Å²) in [6.07, 6.45) is 3.92. The molecule has 1 aliphatic rings. The van der Waals surface area contributed by atoms with E-state index in [0.717, 1.165) is 31.9 Å². The van der Waals surface area contributed by atoms with E-state index in [0.29, 0.717) is 12.1 Å². The Morgan fingerprint density at radius 2 is 2.09 bits per heavy atom. The molecule has 0 spiro atoms. The summed E-state index contributed by atoms with van der Waals surface area (Å²) >= 11 is 0. The lowest BCUT2D eigenvalue weighted by molar-refractivity contribution is 0.151. The first kappa shape index (κ1) is 16.1. The molecule has 0 bridgehead atoms. The minimum atomic E-state index is 0.323. The summed E-state index contributed by atoms with van der Waals surface area (Å²) in [6, 6.07) is 6.98. The molecule has 0 aromatic carbocycles. The Kier molecular flexibility index (Phi) is 4.78. The summed E-state index contributed by atoms with van der Waals surface area (Å²) in [7, 11) is 2.17. The molecular weight excluding hydrogens is 286 g/mol. The number of nitrogens with zero attached hydrogens (tertiary/aromatic N) is 5. The van der Waals surface area contributed by atoms with Gasteiger partial charge < -0.3 is 4.57 Å². The minimum Gasteiger partial charge on any atom is -0.328 e. The van der Waals surface area contributed by atoms with E-state index < -0.39 is 0 Å². The highest BCUT2D eigenvalue weighted by Crippen LogP contribution is 2.27. The Balaban J connectivity index is 1.73. The van der Waals surface area contributed by atoms with Gasteiger partial charge in [-0.05, 0) is 40.0 Å². The molecule has 5 heteroatoms. The predicted octanol–water partition coefficient (Wildman–Crippen LogP) is 2.70. The molecular formula is C18H27N5. The van der Waals surface area contributed by atoms with E-state index in [1.165, 1.54) is 11.5 Å². The Hall–Kier alpha value is -1.72. The maximum atomic E-state index is 4.72. The molecule has 0 radical (unpaired) electrons. The average Bonchev–Trinajstić information content (AvgIpc) is 2.95. The van der Waals surface area contributed by atoms with Crippen LogP contribution in [0.3, 0.4) is 0 Å². The fourth-order valence-electron chi connectivity index (χ4n) is 3.08. The van der Waals surface area contributed by atoms with Gasteiger partial charge in [0.2, 0.25) is 0 Å². The van der Waals surface area contributed by atoms with Gasteiger partial charge in [-0.3, -0.25) is 14.8 Å². The van der Waals surface area contributed by atoms with Crippen LogP contribution in [0.25, 0.3) is 0 Å². The molecule has 1 atom stereocenters. The Morgan fingerprint density at radius 1 is 1.26 bits per heavy atom. The van der Waals surface area contributed by atoms with Crippen molar-refractivity contribution in [3.05, 3.63) is 47.8 Å². The van der Waals surface area contributed by atoms with Gasteiger partial charge in [-0.15, -0.1) is 0 Å². The van der Waals surface area contributed by atoms with Gasteiger partial charge in [0.25, 0.3) is 0 Å². The highest BCUT2D eigenvalue weighted by Gasteiger charge is 2.27. The van der Waals surface area contributed by atoms with E-state index >= 15 is 0 Å². The van der Waals surface area contributed by atoms with Crippen LogP contribution in [0.15, 0.2) is 30.6 Å². The third-order valence-electron chi connectivity index (χ3n) is 4.89. The average molecular weight is 313 g/mol. The van der Waals surface area contributed by atoms with Crippen molar-refractivity contribution in [2.75, 3.05) is 13.6 Å². The van der Waals surface area contributed by atoms with Crippen molar-refractivity contribution < 1.29 is 0 Å². The molecule has 5 nitrogen and oxygen atoms in total. The lowest BCUT2D eigenvalue weighted by Crippen LogP contribution is -2.38. The summed E-state index contributed by atoms with van der Waals surface area (Å²) in [5, 5.41) is 0. The maximum Gasteiger partial charge on any atom is 0.126 e. The smallest absolute Gasteiger partial charge is 0.126 e. The number of hydrogen-bond donors (Lipinski definition) is 0. The zero-order valence-electron chi connectivity index (χ0n) is 14.6. The SMILES string of the molecule is CC(C)N(C)Cc1cnc2n1CCN(Cc1ccccn1)[C@@H]2C. The van der Waals surface area contributed by atoms with Crippen molar-refractivity contribution in [2.24, 2.45) is 0 Å². The van der Waals surface area contributed by atoms with Gasteiger partial charge in [0.15, 0.2) is 0 Å². The lowest BCUT2D eigenvalue weighted by atomic mass is 10.2. The topological polar surface area (TPSA) is 37.2 Å². The largest absolute Gasteiger partial charge is 0.328 e. The van der Waals surface area contributed by atoms with Crippen LogP contribution in [0.2, 0.25) is 0 Å². The molecule has 3 heterocycles. The van der Waals surface area contributed by atoms with Crippen LogP contribution >= 0.6 is 0 Å². The molecule has 0 aliphatic carbocycles. The highest BCUT2D eigenvalue weighted by molar-refractivity contribution is 5.12. The number of pyridine rings is 1. The van der Waals surface area contributed by atoms with Crippen molar-refractivity contribution in [1.29, 1.82) is 0 Å². The molecule has 0 fully saturated rings. The van der Waals surface area contributed by atoms with Crippen LogP contribution in [0.1, 0.15) is 44.0 Å². The first-order valence-corrected chi connectivity index (χ1v) is 8.44. The van der Waals surface area contributed by atoms with Gasteiger partial charge in [-0.1, -0.05) is 6.07 Å². The van der Waals surface area contributed by atoms with Gasteiger partial charge in [0.1, 0.15) is 5.82 Å². The second kappa shape index (κ2) is 6.81. The van der Waals surface area contributed by atoms with E-state index in [-0.39, 0.29) is 0 Å². The lowest BCUT2D eigenvalue weighted by Gasteiger charge is -2.34. The number of rotatable bonds is 5. The maximum absolute atomic E-state index is 4.72. The molecule has 0 amide bonds. The Labute approximate surface area is 139 Å². The second-order valence-corrected chi connectivity index (χ2v) is 6.74. The molecule has 0 unspecified atom stereocenters. The highest BCUT2D eigenvalue weighted by atomic mass is 15.3. The summed E-state index contributed by atoms with van der Waals surface area (Å²) in [5.74, 6) is 1.18. The summed E-state index contributed by atoms with van der Waals surface area (Å²) in [4.78, 5) is 14.0. The first-order valence-electron chi connectivity index (χ1n) is 8.44. The van der Waals surface area contributed by atoms with Crippen molar-refractivity contribution in [3.63, 3.8) is 0 Å². The van der Waals surface area contributed by atoms with E-state index in [9.17, 15) is 0 Å². The third kappa shape index (κ3) is 3.46. The molecule has 3 rings (SSSR count). The van der Waals surface area contributed by atoms with Crippen molar-refractivity contribution in [2.45, 2.75) is 52.5 Å². The Morgan fingerprint density at radius 3 is 2.78 bits per heavy atom. The van der Waals surface area contributed by atoms with Gasteiger partial charge >= 0.3 is 0 Å². The second-order valence-electron chi connectivity index (χ2n) is 6.74. The summed E-state index contributed by atoms with van der Waals surface area (Å²) in [6.45, 7) is 10.6. The quantitative estimate of drug-likeness (QED) is 0.850. The summed E-state index contributed by atoms with van der Waals surface area (Å²) in [5.41, 5.74) is 2.44. The minimum absolute atomic E-state index is 0.323. The standard InChI is InChI=1S/C18H27N5/c1-14(2)21(4)13-17-11-20-18-15(3)22(9-10-23(17)18)12-16-7-5-6-8-19-16/h5-8,11,14-15H,9-10,12-13H2,1-4H3/t15-/m1/s1. The van der Waals surface area contributed by atoms with Crippen molar-refractivity contribution in [3.8, 4) is 0 Å². The van der Waals surface area contributed by atoms with Gasteiger partial charge in [-0.25, -0.2) is 4.98 Å². The molecule has 0 N–H and O–H groups in total.